The van der Waals surface area contributed by atoms with Gasteiger partial charge in [-0.3, -0.25) is 4.57 Å². The third-order valence-corrected chi connectivity index (χ3v) is 1.46. The fraction of sp³-hybridized carbons (Fsp3) is 0.250. The predicted octanol–water partition coefficient (Wildman–Crippen LogP) is 1.39. The van der Waals surface area contributed by atoms with E-state index in [2.05, 4.69) is 15.8 Å². The SMILES string of the molecule is C=CO[PH](=O)C(=O)OC. The first-order valence-corrected chi connectivity index (χ1v) is 3.44. The Balaban J connectivity index is 3.73. The molecule has 0 amide bonds. The summed E-state index contributed by atoms with van der Waals surface area (Å²) in [7, 11) is -1.56. The van der Waals surface area contributed by atoms with Crippen molar-refractivity contribution < 1.29 is 18.6 Å². The summed E-state index contributed by atoms with van der Waals surface area (Å²) in [5.74, 6) is 0. The lowest BCUT2D eigenvalue weighted by molar-refractivity contribution is 0.194. The Morgan fingerprint density at radius 1 is 1.78 bits per heavy atom. The molecular weight excluding hydrogens is 143 g/mol. The number of carbonyl (C=O) groups is 1. The Morgan fingerprint density at radius 3 is 2.67 bits per heavy atom. The largest absolute Gasteiger partial charge is 0.461 e. The average molecular weight is 150 g/mol. The molecule has 0 saturated heterocycles. The summed E-state index contributed by atoms with van der Waals surface area (Å²) in [4.78, 5) is 10.2. The minimum absolute atomic E-state index is 0.847. The van der Waals surface area contributed by atoms with Gasteiger partial charge in [-0.2, -0.15) is 0 Å². The van der Waals surface area contributed by atoms with Gasteiger partial charge in [0.25, 0.3) is 0 Å². The number of hydrogen-bond donors (Lipinski definition) is 0. The van der Waals surface area contributed by atoms with Crippen molar-refractivity contribution in [2.75, 3.05) is 7.11 Å². The van der Waals surface area contributed by atoms with Gasteiger partial charge in [0.15, 0.2) is 0 Å². The first kappa shape index (κ1) is 8.24. The van der Waals surface area contributed by atoms with E-state index in [-0.39, 0.29) is 0 Å². The maximum atomic E-state index is 10.4. The molecule has 0 fully saturated rings. The molecular formula is C4H7O4P. The summed E-state index contributed by atoms with van der Waals surface area (Å²) in [6.07, 6.45) is 0.943. The van der Waals surface area contributed by atoms with Crippen LogP contribution in [0, 0.1) is 0 Å². The molecule has 0 aromatic carbocycles. The van der Waals surface area contributed by atoms with Crippen LogP contribution in [0.25, 0.3) is 0 Å². The van der Waals surface area contributed by atoms with Gasteiger partial charge in [-0.25, -0.2) is 4.79 Å². The van der Waals surface area contributed by atoms with E-state index in [1.54, 1.807) is 0 Å². The van der Waals surface area contributed by atoms with Gasteiger partial charge in [0, 0.05) is 0 Å². The van der Waals surface area contributed by atoms with Gasteiger partial charge < -0.3 is 9.26 Å². The summed E-state index contributed by atoms with van der Waals surface area (Å²) in [6.45, 7) is 3.11. The minimum atomic E-state index is -2.70. The second kappa shape index (κ2) is 4.15. The van der Waals surface area contributed by atoms with Crippen LogP contribution in [0.5, 0.6) is 0 Å². The van der Waals surface area contributed by atoms with E-state index < -0.39 is 13.7 Å². The van der Waals surface area contributed by atoms with Crippen LogP contribution in [0.1, 0.15) is 0 Å². The van der Waals surface area contributed by atoms with Gasteiger partial charge in [0.2, 0.25) is 0 Å². The van der Waals surface area contributed by atoms with E-state index >= 15 is 0 Å². The summed E-state index contributed by atoms with van der Waals surface area (Å²) < 4.78 is 18.7. The lowest BCUT2D eigenvalue weighted by Gasteiger charge is -1.95. The highest BCUT2D eigenvalue weighted by molar-refractivity contribution is 7.58. The molecule has 0 aliphatic rings. The molecule has 1 atom stereocenters. The molecule has 52 valence electrons. The summed E-state index contributed by atoms with van der Waals surface area (Å²) >= 11 is 0. The first-order chi connectivity index (χ1) is 4.22. The zero-order chi connectivity index (χ0) is 7.28. The number of rotatable bonds is 3. The van der Waals surface area contributed by atoms with E-state index in [1.807, 2.05) is 0 Å². The highest BCUT2D eigenvalue weighted by Crippen LogP contribution is 2.24. The molecule has 0 aliphatic carbocycles. The molecule has 5 heteroatoms. The van der Waals surface area contributed by atoms with Crippen molar-refractivity contribution in [3.05, 3.63) is 12.8 Å². The summed E-state index contributed by atoms with van der Waals surface area (Å²) in [5, 5.41) is 0. The number of carbonyl (C=O) groups excluding carboxylic acids is 1. The van der Waals surface area contributed by atoms with E-state index in [0.29, 0.717) is 0 Å². The van der Waals surface area contributed by atoms with Crippen LogP contribution in [-0.4, -0.2) is 12.8 Å². The molecule has 0 aromatic heterocycles. The first-order valence-electron chi connectivity index (χ1n) is 2.12. The van der Waals surface area contributed by atoms with Crippen LogP contribution in [0.2, 0.25) is 0 Å². The van der Waals surface area contributed by atoms with Crippen LogP contribution >= 0.6 is 8.03 Å². The second-order valence-corrected chi connectivity index (χ2v) is 2.28. The maximum absolute atomic E-state index is 10.4. The van der Waals surface area contributed by atoms with Crippen molar-refractivity contribution in [1.29, 1.82) is 0 Å². The molecule has 0 aliphatic heterocycles. The average Bonchev–Trinajstić information content (AvgIpc) is 1.87. The maximum Gasteiger partial charge on any atom is 0.400 e. The zero-order valence-electron chi connectivity index (χ0n) is 4.92. The topological polar surface area (TPSA) is 52.6 Å². The minimum Gasteiger partial charge on any atom is -0.461 e. The van der Waals surface area contributed by atoms with E-state index in [4.69, 9.17) is 0 Å². The molecule has 9 heavy (non-hydrogen) atoms. The van der Waals surface area contributed by atoms with E-state index in [9.17, 15) is 9.36 Å². The molecule has 0 saturated carbocycles. The van der Waals surface area contributed by atoms with Gasteiger partial charge in [-0.1, -0.05) is 6.58 Å². The van der Waals surface area contributed by atoms with Crippen LogP contribution < -0.4 is 0 Å². The number of hydrogen-bond acceptors (Lipinski definition) is 4. The monoisotopic (exact) mass is 150 g/mol. The highest BCUT2D eigenvalue weighted by Gasteiger charge is 2.09. The van der Waals surface area contributed by atoms with Crippen LogP contribution in [0.4, 0.5) is 4.79 Å². The standard InChI is InChI=1S/C4H7O4P/c1-3-8-9(6)4(5)7-2/h3,9H,1H2,2H3. The highest BCUT2D eigenvalue weighted by atomic mass is 31.1. The molecule has 4 nitrogen and oxygen atoms in total. The van der Waals surface area contributed by atoms with Crippen LogP contribution in [0.15, 0.2) is 12.8 Å². The Bertz CT molecular complexity index is 142. The lowest BCUT2D eigenvalue weighted by Crippen LogP contribution is -1.89. The Morgan fingerprint density at radius 2 is 2.33 bits per heavy atom. The summed E-state index contributed by atoms with van der Waals surface area (Å²) in [5.41, 5.74) is -0.847. The van der Waals surface area contributed by atoms with Crippen molar-refractivity contribution in [2.45, 2.75) is 0 Å². The molecule has 0 N–H and O–H groups in total. The van der Waals surface area contributed by atoms with Crippen molar-refractivity contribution in [1.82, 2.24) is 0 Å². The fourth-order valence-electron chi connectivity index (χ4n) is 0.207. The molecule has 1 unspecified atom stereocenters. The molecule has 0 spiro atoms. The van der Waals surface area contributed by atoms with E-state index in [0.717, 1.165) is 13.4 Å². The third kappa shape index (κ3) is 2.93. The van der Waals surface area contributed by atoms with Crippen LogP contribution in [0.3, 0.4) is 0 Å². The van der Waals surface area contributed by atoms with Gasteiger partial charge >= 0.3 is 13.7 Å². The molecule has 0 bridgehead atoms. The van der Waals surface area contributed by atoms with Gasteiger partial charge in [-0.15, -0.1) is 0 Å². The Hall–Kier alpha value is -0.760. The van der Waals surface area contributed by atoms with Gasteiger partial charge in [-0.05, 0) is 0 Å². The number of ether oxygens (including phenoxy) is 1. The van der Waals surface area contributed by atoms with Gasteiger partial charge in [0.1, 0.15) is 0 Å². The Kier molecular flexibility index (Phi) is 3.80. The summed E-state index contributed by atoms with van der Waals surface area (Å²) in [6, 6.07) is 0. The molecule has 0 rings (SSSR count). The molecule has 0 radical (unpaired) electrons. The third-order valence-electron chi connectivity index (χ3n) is 0.542. The van der Waals surface area contributed by atoms with Gasteiger partial charge in [0.05, 0.1) is 13.4 Å². The van der Waals surface area contributed by atoms with Crippen molar-refractivity contribution in [2.24, 2.45) is 0 Å². The zero-order valence-corrected chi connectivity index (χ0v) is 5.92. The molecule has 0 aromatic rings. The quantitative estimate of drug-likeness (QED) is 0.450. The second-order valence-electron chi connectivity index (χ2n) is 1.06. The molecule has 0 heterocycles. The smallest absolute Gasteiger partial charge is 0.400 e. The number of methoxy groups -OCH3 is 1. The van der Waals surface area contributed by atoms with E-state index in [1.165, 1.54) is 0 Å². The Labute approximate surface area is 53.3 Å². The van der Waals surface area contributed by atoms with Crippen LogP contribution in [-0.2, 0) is 13.8 Å². The van der Waals surface area contributed by atoms with Crippen molar-refractivity contribution in [3.8, 4) is 0 Å². The van der Waals surface area contributed by atoms with Crippen molar-refractivity contribution in [3.63, 3.8) is 0 Å². The lowest BCUT2D eigenvalue weighted by atomic mass is 11.2. The van der Waals surface area contributed by atoms with Crippen molar-refractivity contribution >= 4 is 13.7 Å². The fourth-order valence-corrected chi connectivity index (χ4v) is 0.621. The normalized spacial score (nSPS) is 11.7. The predicted molar refractivity (Wildman–Crippen MR) is 32.7 cm³/mol.